The van der Waals surface area contributed by atoms with Gasteiger partial charge in [0.1, 0.15) is 0 Å². The first-order chi connectivity index (χ1) is 7.69. The van der Waals surface area contributed by atoms with Crippen LogP contribution < -0.4 is 15.8 Å². The first kappa shape index (κ1) is 12.8. The van der Waals surface area contributed by atoms with Crippen LogP contribution in [0.5, 0.6) is 5.75 Å². The third-order valence-electron chi connectivity index (χ3n) is 2.66. The van der Waals surface area contributed by atoms with Gasteiger partial charge in [-0.2, -0.15) is 0 Å². The highest BCUT2D eigenvalue weighted by atomic mass is 16.5. The summed E-state index contributed by atoms with van der Waals surface area (Å²) in [6, 6.07) is 4.06. The van der Waals surface area contributed by atoms with Gasteiger partial charge in [0.2, 0.25) is 0 Å². The molecule has 90 valence electrons. The average Bonchev–Trinajstić information content (AvgIpc) is 2.31. The van der Waals surface area contributed by atoms with Gasteiger partial charge in [0, 0.05) is 12.2 Å². The Labute approximate surface area is 97.2 Å². The van der Waals surface area contributed by atoms with Gasteiger partial charge in [-0.3, -0.25) is 0 Å². The predicted octanol–water partition coefficient (Wildman–Crippen LogP) is 1.88. The number of pyridine rings is 1. The molecular formula is C12H21N3O. The molecule has 0 amide bonds. The number of hydrogen-bond donors (Lipinski definition) is 2. The van der Waals surface area contributed by atoms with Gasteiger partial charge in [0.25, 0.3) is 0 Å². The molecule has 0 saturated heterocycles. The summed E-state index contributed by atoms with van der Waals surface area (Å²) in [5.41, 5.74) is 5.63. The average molecular weight is 223 g/mol. The first-order valence-electron chi connectivity index (χ1n) is 5.73. The second-order valence-corrected chi connectivity index (χ2v) is 3.93. The molecule has 0 saturated carbocycles. The summed E-state index contributed by atoms with van der Waals surface area (Å²) >= 11 is 0. The molecular weight excluding hydrogens is 202 g/mol. The molecule has 0 spiro atoms. The van der Waals surface area contributed by atoms with E-state index in [1.54, 1.807) is 6.20 Å². The number of ether oxygens (including phenoxy) is 1. The van der Waals surface area contributed by atoms with Crippen LogP contribution in [0.3, 0.4) is 0 Å². The Morgan fingerprint density at radius 2 is 2.25 bits per heavy atom. The number of aromatic nitrogens is 1. The SMILES string of the molecule is CCOc1cccnc1NC(C)C(C)CN. The van der Waals surface area contributed by atoms with Gasteiger partial charge >= 0.3 is 0 Å². The van der Waals surface area contributed by atoms with Crippen LogP contribution in [-0.4, -0.2) is 24.2 Å². The number of nitrogens with one attached hydrogen (secondary N) is 1. The van der Waals surface area contributed by atoms with E-state index in [0.29, 0.717) is 19.1 Å². The zero-order valence-electron chi connectivity index (χ0n) is 10.2. The Morgan fingerprint density at radius 3 is 2.88 bits per heavy atom. The highest BCUT2D eigenvalue weighted by molar-refractivity contribution is 5.50. The van der Waals surface area contributed by atoms with Crippen molar-refractivity contribution in [2.75, 3.05) is 18.5 Å². The summed E-state index contributed by atoms with van der Waals surface area (Å²) in [5.74, 6) is 1.98. The lowest BCUT2D eigenvalue weighted by atomic mass is 10.0. The van der Waals surface area contributed by atoms with Crippen LogP contribution in [0.2, 0.25) is 0 Å². The summed E-state index contributed by atoms with van der Waals surface area (Å²) in [4.78, 5) is 4.28. The molecule has 1 aromatic rings. The van der Waals surface area contributed by atoms with Crippen LogP contribution in [0.1, 0.15) is 20.8 Å². The Bertz CT molecular complexity index is 317. The van der Waals surface area contributed by atoms with Crippen molar-refractivity contribution in [3.05, 3.63) is 18.3 Å². The predicted molar refractivity (Wildman–Crippen MR) is 66.7 cm³/mol. The monoisotopic (exact) mass is 223 g/mol. The molecule has 4 heteroatoms. The lowest BCUT2D eigenvalue weighted by Crippen LogP contribution is -2.29. The van der Waals surface area contributed by atoms with Crippen molar-refractivity contribution >= 4 is 5.82 Å². The van der Waals surface area contributed by atoms with E-state index in [4.69, 9.17) is 10.5 Å². The van der Waals surface area contributed by atoms with Crippen molar-refractivity contribution in [1.82, 2.24) is 4.98 Å². The van der Waals surface area contributed by atoms with Crippen LogP contribution in [-0.2, 0) is 0 Å². The maximum atomic E-state index is 5.63. The topological polar surface area (TPSA) is 60.2 Å². The fraction of sp³-hybridized carbons (Fsp3) is 0.583. The zero-order valence-corrected chi connectivity index (χ0v) is 10.2. The third kappa shape index (κ3) is 3.38. The summed E-state index contributed by atoms with van der Waals surface area (Å²) < 4.78 is 5.50. The number of nitrogens with two attached hydrogens (primary N) is 1. The highest BCUT2D eigenvalue weighted by Gasteiger charge is 2.13. The number of nitrogens with zero attached hydrogens (tertiary/aromatic N) is 1. The molecule has 4 nitrogen and oxygen atoms in total. The fourth-order valence-corrected chi connectivity index (χ4v) is 1.33. The van der Waals surface area contributed by atoms with Gasteiger partial charge in [-0.1, -0.05) is 6.92 Å². The number of rotatable bonds is 6. The van der Waals surface area contributed by atoms with E-state index < -0.39 is 0 Å². The van der Waals surface area contributed by atoms with E-state index in [1.165, 1.54) is 0 Å². The van der Waals surface area contributed by atoms with Crippen LogP contribution in [0, 0.1) is 5.92 Å². The Balaban J connectivity index is 2.71. The van der Waals surface area contributed by atoms with Gasteiger partial charge in [-0.15, -0.1) is 0 Å². The highest BCUT2D eigenvalue weighted by Crippen LogP contribution is 2.22. The standard InChI is InChI=1S/C12H21N3O/c1-4-16-11-6-5-7-14-12(11)15-10(3)9(2)8-13/h5-7,9-10H,4,8,13H2,1-3H3,(H,14,15). The van der Waals surface area contributed by atoms with Gasteiger partial charge in [0.15, 0.2) is 11.6 Å². The van der Waals surface area contributed by atoms with Crippen LogP contribution in [0.15, 0.2) is 18.3 Å². The van der Waals surface area contributed by atoms with Crippen molar-refractivity contribution in [2.45, 2.75) is 26.8 Å². The molecule has 2 unspecified atom stereocenters. The molecule has 0 radical (unpaired) electrons. The maximum absolute atomic E-state index is 5.63. The van der Waals surface area contributed by atoms with Crippen molar-refractivity contribution in [2.24, 2.45) is 11.7 Å². The van der Waals surface area contributed by atoms with Crippen LogP contribution in [0.25, 0.3) is 0 Å². The van der Waals surface area contributed by atoms with E-state index >= 15 is 0 Å². The first-order valence-corrected chi connectivity index (χ1v) is 5.73. The van der Waals surface area contributed by atoms with Crippen molar-refractivity contribution in [3.63, 3.8) is 0 Å². The van der Waals surface area contributed by atoms with Crippen LogP contribution >= 0.6 is 0 Å². The minimum Gasteiger partial charge on any atom is -0.490 e. The minimum absolute atomic E-state index is 0.277. The molecule has 3 N–H and O–H groups in total. The fourth-order valence-electron chi connectivity index (χ4n) is 1.33. The molecule has 1 aromatic heterocycles. The lowest BCUT2D eigenvalue weighted by molar-refractivity contribution is 0.340. The quantitative estimate of drug-likeness (QED) is 0.773. The van der Waals surface area contributed by atoms with E-state index in [2.05, 4.69) is 24.1 Å². The molecule has 0 aliphatic rings. The van der Waals surface area contributed by atoms with Gasteiger partial charge in [0.05, 0.1) is 6.61 Å². The summed E-state index contributed by atoms with van der Waals surface area (Å²) in [6.45, 7) is 7.47. The molecule has 1 heterocycles. The zero-order chi connectivity index (χ0) is 12.0. The number of hydrogen-bond acceptors (Lipinski definition) is 4. The van der Waals surface area contributed by atoms with Crippen molar-refractivity contribution in [3.8, 4) is 5.75 Å². The molecule has 2 atom stereocenters. The van der Waals surface area contributed by atoms with Crippen LogP contribution in [0.4, 0.5) is 5.82 Å². The van der Waals surface area contributed by atoms with Gasteiger partial charge < -0.3 is 15.8 Å². The van der Waals surface area contributed by atoms with Crippen molar-refractivity contribution < 1.29 is 4.74 Å². The minimum atomic E-state index is 0.277. The van der Waals surface area contributed by atoms with E-state index in [1.807, 2.05) is 19.1 Å². The largest absolute Gasteiger partial charge is 0.490 e. The number of anilines is 1. The Hall–Kier alpha value is -1.29. The third-order valence-corrected chi connectivity index (χ3v) is 2.66. The van der Waals surface area contributed by atoms with E-state index in [9.17, 15) is 0 Å². The molecule has 0 aliphatic carbocycles. The molecule has 0 fully saturated rings. The maximum Gasteiger partial charge on any atom is 0.168 e. The molecule has 0 aromatic carbocycles. The Morgan fingerprint density at radius 1 is 1.50 bits per heavy atom. The molecule has 0 aliphatic heterocycles. The van der Waals surface area contributed by atoms with E-state index in [-0.39, 0.29) is 6.04 Å². The summed E-state index contributed by atoms with van der Waals surface area (Å²) in [5, 5.41) is 3.33. The summed E-state index contributed by atoms with van der Waals surface area (Å²) in [7, 11) is 0. The molecule has 0 bridgehead atoms. The second-order valence-electron chi connectivity index (χ2n) is 3.93. The van der Waals surface area contributed by atoms with Gasteiger partial charge in [-0.05, 0) is 38.4 Å². The van der Waals surface area contributed by atoms with Crippen molar-refractivity contribution in [1.29, 1.82) is 0 Å². The Kier molecular flexibility index (Phi) is 5.05. The normalized spacial score (nSPS) is 14.2. The summed E-state index contributed by atoms with van der Waals surface area (Å²) in [6.07, 6.45) is 1.75. The van der Waals surface area contributed by atoms with E-state index in [0.717, 1.165) is 11.6 Å². The smallest absolute Gasteiger partial charge is 0.168 e. The van der Waals surface area contributed by atoms with Gasteiger partial charge in [-0.25, -0.2) is 4.98 Å². The lowest BCUT2D eigenvalue weighted by Gasteiger charge is -2.21. The molecule has 16 heavy (non-hydrogen) atoms. The molecule has 1 rings (SSSR count). The second kappa shape index (κ2) is 6.33.